The maximum absolute atomic E-state index is 13.5. The average Bonchev–Trinajstić information content (AvgIpc) is 2.96. The first-order valence-corrected chi connectivity index (χ1v) is 11.0. The van der Waals surface area contributed by atoms with Crippen molar-refractivity contribution in [2.45, 2.75) is 51.2 Å². The number of nitrogens with zero attached hydrogens (tertiary/aromatic N) is 3. The number of imide groups is 1. The van der Waals surface area contributed by atoms with E-state index < -0.39 is 5.54 Å². The molecule has 2 aliphatic rings. The molecule has 1 spiro atoms. The lowest BCUT2D eigenvalue weighted by Gasteiger charge is -2.42. The zero-order chi connectivity index (χ0) is 21.1. The molecule has 2 aromatic rings. The predicted octanol–water partition coefficient (Wildman–Crippen LogP) is 3.94. The van der Waals surface area contributed by atoms with Crippen LogP contribution in [0.2, 0.25) is 0 Å². The fourth-order valence-electron chi connectivity index (χ4n) is 4.80. The molecule has 30 heavy (non-hydrogen) atoms. The van der Waals surface area contributed by atoms with Gasteiger partial charge in [0.25, 0.3) is 5.91 Å². The Morgan fingerprint density at radius 3 is 2.00 bits per heavy atom. The predicted molar refractivity (Wildman–Crippen MR) is 118 cm³/mol. The summed E-state index contributed by atoms with van der Waals surface area (Å²) >= 11 is 0. The van der Waals surface area contributed by atoms with Crippen LogP contribution in [0.3, 0.4) is 0 Å². The van der Waals surface area contributed by atoms with Crippen LogP contribution in [0.25, 0.3) is 0 Å². The summed E-state index contributed by atoms with van der Waals surface area (Å²) < 4.78 is 0. The van der Waals surface area contributed by atoms with E-state index in [1.54, 1.807) is 0 Å². The number of rotatable bonds is 6. The first-order valence-electron chi connectivity index (χ1n) is 11.0. The molecule has 2 saturated heterocycles. The van der Waals surface area contributed by atoms with E-state index in [1.165, 1.54) is 16.0 Å². The fraction of sp³-hybridized carbons (Fsp3) is 0.440. The molecule has 2 aliphatic heterocycles. The molecule has 2 heterocycles. The third-order valence-corrected chi connectivity index (χ3v) is 6.49. The lowest BCUT2D eigenvalue weighted by Crippen LogP contribution is -2.56. The van der Waals surface area contributed by atoms with Gasteiger partial charge in [0, 0.05) is 32.2 Å². The van der Waals surface area contributed by atoms with Gasteiger partial charge in [0.15, 0.2) is 0 Å². The van der Waals surface area contributed by atoms with Gasteiger partial charge in [0.1, 0.15) is 5.54 Å². The number of amides is 3. The molecule has 0 atom stereocenters. The zero-order valence-electron chi connectivity index (χ0n) is 18.0. The van der Waals surface area contributed by atoms with Crippen LogP contribution in [-0.2, 0) is 17.8 Å². The second-order valence-corrected chi connectivity index (χ2v) is 8.73. The summed E-state index contributed by atoms with van der Waals surface area (Å²) in [6, 6.07) is 20.4. The first kappa shape index (κ1) is 20.6. The first-order chi connectivity index (χ1) is 14.5. The molecule has 5 heteroatoms. The maximum Gasteiger partial charge on any atom is 0.327 e. The lowest BCUT2D eigenvalue weighted by molar-refractivity contribution is -0.136. The van der Waals surface area contributed by atoms with Crippen LogP contribution in [0.4, 0.5) is 4.79 Å². The third-order valence-electron chi connectivity index (χ3n) is 6.49. The van der Waals surface area contributed by atoms with Gasteiger partial charge in [-0.15, -0.1) is 0 Å². The van der Waals surface area contributed by atoms with E-state index in [-0.39, 0.29) is 18.0 Å². The Morgan fingerprint density at radius 1 is 0.867 bits per heavy atom. The van der Waals surface area contributed by atoms with Crippen molar-refractivity contribution < 1.29 is 9.59 Å². The van der Waals surface area contributed by atoms with Crippen LogP contribution in [0.5, 0.6) is 0 Å². The van der Waals surface area contributed by atoms with Gasteiger partial charge in [-0.3, -0.25) is 14.6 Å². The van der Waals surface area contributed by atoms with Crippen LogP contribution >= 0.6 is 0 Å². The quantitative estimate of drug-likeness (QED) is 0.684. The van der Waals surface area contributed by atoms with E-state index in [1.807, 2.05) is 43.0 Å². The highest BCUT2D eigenvalue weighted by atomic mass is 16.2. The van der Waals surface area contributed by atoms with E-state index in [0.717, 1.165) is 26.1 Å². The number of carbonyl (C=O) groups is 2. The van der Waals surface area contributed by atoms with Crippen molar-refractivity contribution in [3.05, 3.63) is 71.8 Å². The molecule has 158 valence electrons. The van der Waals surface area contributed by atoms with Gasteiger partial charge in [0.2, 0.25) is 0 Å². The van der Waals surface area contributed by atoms with Crippen molar-refractivity contribution in [3.63, 3.8) is 0 Å². The van der Waals surface area contributed by atoms with Crippen LogP contribution in [-0.4, -0.2) is 57.9 Å². The molecule has 4 rings (SSSR count). The van der Waals surface area contributed by atoms with Crippen molar-refractivity contribution in [2.24, 2.45) is 0 Å². The molecule has 5 nitrogen and oxygen atoms in total. The highest BCUT2D eigenvalue weighted by molar-refractivity contribution is 6.07. The summed E-state index contributed by atoms with van der Waals surface area (Å²) in [5, 5.41) is 0. The SMILES string of the molecule is CC(C)N1C(=O)N(CCc2ccccc2)C2(CCN(Cc3ccccc3)CC2)C1=O. The molecular weight excluding hydrogens is 374 g/mol. The summed E-state index contributed by atoms with van der Waals surface area (Å²) in [4.78, 5) is 32.5. The van der Waals surface area contributed by atoms with Crippen LogP contribution in [0.15, 0.2) is 60.7 Å². The maximum atomic E-state index is 13.5. The van der Waals surface area contributed by atoms with Crippen LogP contribution < -0.4 is 0 Å². The molecule has 0 aliphatic carbocycles. The number of benzene rings is 2. The van der Waals surface area contributed by atoms with Gasteiger partial charge in [-0.25, -0.2) is 4.79 Å². The van der Waals surface area contributed by atoms with Gasteiger partial charge in [-0.2, -0.15) is 0 Å². The van der Waals surface area contributed by atoms with E-state index in [9.17, 15) is 9.59 Å². The monoisotopic (exact) mass is 405 g/mol. The van der Waals surface area contributed by atoms with Crippen molar-refractivity contribution in [2.75, 3.05) is 19.6 Å². The Balaban J connectivity index is 1.51. The van der Waals surface area contributed by atoms with Gasteiger partial charge in [0.05, 0.1) is 0 Å². The topological polar surface area (TPSA) is 43.9 Å². The number of urea groups is 1. The van der Waals surface area contributed by atoms with Crippen molar-refractivity contribution >= 4 is 11.9 Å². The Bertz CT molecular complexity index is 874. The summed E-state index contributed by atoms with van der Waals surface area (Å²) in [5.74, 6) is -0.00470. The highest BCUT2D eigenvalue weighted by Gasteiger charge is 2.58. The number of carbonyl (C=O) groups excluding carboxylic acids is 2. The molecule has 0 aromatic heterocycles. The minimum atomic E-state index is -0.691. The highest BCUT2D eigenvalue weighted by Crippen LogP contribution is 2.38. The van der Waals surface area contributed by atoms with E-state index >= 15 is 0 Å². The van der Waals surface area contributed by atoms with Crippen molar-refractivity contribution in [1.82, 2.24) is 14.7 Å². The van der Waals surface area contributed by atoms with E-state index in [2.05, 4.69) is 41.3 Å². The third kappa shape index (κ3) is 3.86. The molecule has 3 amide bonds. The zero-order valence-corrected chi connectivity index (χ0v) is 18.0. The van der Waals surface area contributed by atoms with Crippen LogP contribution in [0.1, 0.15) is 37.8 Å². The Morgan fingerprint density at radius 2 is 1.43 bits per heavy atom. The molecule has 0 radical (unpaired) electrons. The van der Waals surface area contributed by atoms with Gasteiger partial charge < -0.3 is 4.90 Å². The molecule has 2 aromatic carbocycles. The van der Waals surface area contributed by atoms with Gasteiger partial charge in [-0.1, -0.05) is 60.7 Å². The Kier molecular flexibility index (Phi) is 5.91. The summed E-state index contributed by atoms with van der Waals surface area (Å²) in [5.41, 5.74) is 1.79. The summed E-state index contributed by atoms with van der Waals surface area (Å²) in [7, 11) is 0. The molecular formula is C25H31N3O2. The van der Waals surface area contributed by atoms with Gasteiger partial charge in [-0.05, 0) is 44.2 Å². The number of likely N-dealkylation sites (tertiary alicyclic amines) is 1. The van der Waals surface area contributed by atoms with E-state index in [4.69, 9.17) is 0 Å². The normalized spacial score (nSPS) is 19.3. The van der Waals surface area contributed by atoms with Gasteiger partial charge >= 0.3 is 6.03 Å². The van der Waals surface area contributed by atoms with Crippen molar-refractivity contribution in [1.29, 1.82) is 0 Å². The Hall–Kier alpha value is -2.66. The minimum absolute atomic E-state index is 0.00470. The van der Waals surface area contributed by atoms with Crippen LogP contribution in [0, 0.1) is 0 Å². The molecule has 0 unspecified atom stereocenters. The summed E-state index contributed by atoms with van der Waals surface area (Å²) in [6.45, 7) is 6.96. The standard InChI is InChI=1S/C25H31N3O2/c1-20(2)28-23(29)25(27(24(28)30)16-13-21-9-5-3-6-10-21)14-17-26(18-15-25)19-22-11-7-4-8-12-22/h3-12,20H,13-19H2,1-2H3. The second-order valence-electron chi connectivity index (χ2n) is 8.73. The second kappa shape index (κ2) is 8.60. The minimum Gasteiger partial charge on any atom is -0.309 e. The van der Waals surface area contributed by atoms with Crippen molar-refractivity contribution in [3.8, 4) is 0 Å². The molecule has 2 fully saturated rings. The number of piperidine rings is 1. The number of hydrogen-bond donors (Lipinski definition) is 0. The molecule has 0 N–H and O–H groups in total. The number of hydrogen-bond acceptors (Lipinski definition) is 3. The lowest BCUT2D eigenvalue weighted by atomic mass is 9.85. The van der Waals surface area contributed by atoms with E-state index in [0.29, 0.717) is 19.4 Å². The molecule has 0 bridgehead atoms. The average molecular weight is 406 g/mol. The Labute approximate surface area is 179 Å². The fourth-order valence-corrected chi connectivity index (χ4v) is 4.80. The smallest absolute Gasteiger partial charge is 0.309 e. The molecule has 0 saturated carbocycles. The summed E-state index contributed by atoms with van der Waals surface area (Å²) in [6.07, 6.45) is 2.16. The largest absolute Gasteiger partial charge is 0.327 e.